The van der Waals surface area contributed by atoms with Crippen molar-refractivity contribution in [2.24, 2.45) is 0 Å². The molecule has 0 unspecified atom stereocenters. The second-order valence-electron chi connectivity index (χ2n) is 5.55. The number of furan rings is 1. The number of benzene rings is 1. The Morgan fingerprint density at radius 1 is 1.19 bits per heavy atom. The molecule has 2 aromatic rings. The number of hydrogen-bond acceptors (Lipinski definition) is 7. The summed E-state index contributed by atoms with van der Waals surface area (Å²) < 4.78 is 41.7. The molecule has 0 aliphatic rings. The van der Waals surface area contributed by atoms with Gasteiger partial charge in [-0.15, -0.1) is 0 Å². The molecule has 0 saturated carbocycles. The molecule has 1 N–H and O–H groups in total. The van der Waals surface area contributed by atoms with Gasteiger partial charge in [0, 0.05) is 0 Å². The molecular formula is C17H19NO7S. The highest BCUT2D eigenvalue weighted by molar-refractivity contribution is 7.89. The molecule has 1 aromatic heterocycles. The lowest BCUT2D eigenvalue weighted by molar-refractivity contribution is -0.150. The fourth-order valence-electron chi connectivity index (χ4n) is 1.96. The summed E-state index contributed by atoms with van der Waals surface area (Å²) >= 11 is 0. The summed E-state index contributed by atoms with van der Waals surface area (Å²) in [4.78, 5) is 23.3. The van der Waals surface area contributed by atoms with Crippen LogP contribution in [-0.2, 0) is 30.8 Å². The van der Waals surface area contributed by atoms with Crippen molar-refractivity contribution < 1.29 is 31.9 Å². The molecule has 0 amide bonds. The van der Waals surface area contributed by atoms with E-state index in [1.165, 1.54) is 30.5 Å². The van der Waals surface area contributed by atoms with Crippen LogP contribution >= 0.6 is 0 Å². The van der Waals surface area contributed by atoms with E-state index < -0.39 is 28.6 Å². The van der Waals surface area contributed by atoms with Gasteiger partial charge in [-0.1, -0.05) is 6.07 Å². The molecule has 0 fully saturated rings. The third-order valence-electron chi connectivity index (χ3n) is 3.08. The van der Waals surface area contributed by atoms with E-state index >= 15 is 0 Å². The number of carbonyl (C=O) groups excluding carboxylic acids is 2. The van der Waals surface area contributed by atoms with Gasteiger partial charge in [-0.05, 0) is 44.2 Å². The fraction of sp³-hybridized carbons (Fsp3) is 0.294. The molecule has 2 rings (SSSR count). The number of esters is 2. The van der Waals surface area contributed by atoms with Gasteiger partial charge in [0.15, 0.2) is 6.61 Å². The van der Waals surface area contributed by atoms with Crippen LogP contribution in [0.2, 0.25) is 0 Å². The van der Waals surface area contributed by atoms with Crippen LogP contribution in [-0.4, -0.2) is 33.1 Å². The van der Waals surface area contributed by atoms with Gasteiger partial charge in [0.1, 0.15) is 5.76 Å². The molecule has 0 aliphatic heterocycles. The molecule has 0 radical (unpaired) electrons. The normalized spacial score (nSPS) is 11.3. The van der Waals surface area contributed by atoms with Gasteiger partial charge in [0.05, 0.1) is 29.4 Å². The van der Waals surface area contributed by atoms with Crippen molar-refractivity contribution in [2.45, 2.75) is 31.4 Å². The lowest BCUT2D eigenvalue weighted by Crippen LogP contribution is -2.23. The lowest BCUT2D eigenvalue weighted by Gasteiger charge is -2.09. The van der Waals surface area contributed by atoms with Crippen LogP contribution in [0.5, 0.6) is 0 Å². The zero-order chi connectivity index (χ0) is 19.2. The van der Waals surface area contributed by atoms with E-state index in [2.05, 4.69) is 4.72 Å². The van der Waals surface area contributed by atoms with Gasteiger partial charge < -0.3 is 13.9 Å². The summed E-state index contributed by atoms with van der Waals surface area (Å²) in [5, 5.41) is 0. The van der Waals surface area contributed by atoms with Crippen molar-refractivity contribution in [1.29, 1.82) is 0 Å². The monoisotopic (exact) mass is 381 g/mol. The summed E-state index contributed by atoms with van der Waals surface area (Å²) in [6, 6.07) is 8.58. The molecule has 0 spiro atoms. The first-order valence-electron chi connectivity index (χ1n) is 7.76. The molecule has 9 heteroatoms. The Balaban J connectivity index is 2.01. The fourth-order valence-corrected chi connectivity index (χ4v) is 3.00. The summed E-state index contributed by atoms with van der Waals surface area (Å²) in [7, 11) is -3.85. The van der Waals surface area contributed by atoms with Crippen LogP contribution < -0.4 is 4.72 Å². The van der Waals surface area contributed by atoms with Gasteiger partial charge in [-0.25, -0.2) is 22.7 Å². The van der Waals surface area contributed by atoms with Gasteiger partial charge in [-0.2, -0.15) is 0 Å². The van der Waals surface area contributed by atoms with Gasteiger partial charge in [0.25, 0.3) is 0 Å². The van der Waals surface area contributed by atoms with E-state index in [1.807, 2.05) is 0 Å². The molecule has 1 aromatic carbocycles. The Bertz CT molecular complexity index is 857. The Morgan fingerprint density at radius 2 is 1.96 bits per heavy atom. The Morgan fingerprint density at radius 3 is 2.62 bits per heavy atom. The van der Waals surface area contributed by atoms with Crippen molar-refractivity contribution in [3.63, 3.8) is 0 Å². The summed E-state index contributed by atoms with van der Waals surface area (Å²) in [6.45, 7) is 2.77. The van der Waals surface area contributed by atoms with Crippen LogP contribution in [0.1, 0.15) is 30.0 Å². The highest BCUT2D eigenvalue weighted by Crippen LogP contribution is 2.13. The van der Waals surface area contributed by atoms with Crippen LogP contribution in [0.25, 0.3) is 0 Å². The smallest absolute Gasteiger partial charge is 0.344 e. The van der Waals surface area contributed by atoms with E-state index in [-0.39, 0.29) is 23.1 Å². The predicted molar refractivity (Wildman–Crippen MR) is 90.7 cm³/mol. The SMILES string of the molecule is CC(C)OC(=O)COC(=O)c1cccc(S(=O)(=O)NCc2ccco2)c1. The Labute approximate surface area is 151 Å². The first-order chi connectivity index (χ1) is 12.3. The second kappa shape index (κ2) is 8.63. The predicted octanol–water partition coefficient (Wildman–Crippen LogP) is 1.87. The van der Waals surface area contributed by atoms with E-state index in [0.29, 0.717) is 5.76 Å². The quantitative estimate of drug-likeness (QED) is 0.695. The standard InChI is InChI=1S/C17H19NO7S/c1-12(2)25-16(19)11-24-17(20)13-5-3-7-15(9-13)26(21,22)18-10-14-6-4-8-23-14/h3-9,12,18H,10-11H2,1-2H3. The van der Waals surface area contributed by atoms with E-state index in [9.17, 15) is 18.0 Å². The number of sulfonamides is 1. The topological polar surface area (TPSA) is 112 Å². The third-order valence-corrected chi connectivity index (χ3v) is 4.48. The molecule has 0 aliphatic carbocycles. The number of ether oxygens (including phenoxy) is 2. The van der Waals surface area contributed by atoms with Gasteiger partial charge in [0.2, 0.25) is 10.0 Å². The van der Waals surface area contributed by atoms with Crippen LogP contribution in [0, 0.1) is 0 Å². The van der Waals surface area contributed by atoms with Gasteiger partial charge >= 0.3 is 11.9 Å². The largest absolute Gasteiger partial charge is 0.468 e. The Kier molecular flexibility index (Phi) is 6.53. The number of carbonyl (C=O) groups is 2. The molecule has 140 valence electrons. The zero-order valence-corrected chi connectivity index (χ0v) is 15.1. The van der Waals surface area contributed by atoms with Crippen LogP contribution in [0.15, 0.2) is 52.0 Å². The minimum atomic E-state index is -3.85. The highest BCUT2D eigenvalue weighted by atomic mass is 32.2. The van der Waals surface area contributed by atoms with Crippen molar-refractivity contribution in [3.05, 3.63) is 54.0 Å². The molecule has 26 heavy (non-hydrogen) atoms. The highest BCUT2D eigenvalue weighted by Gasteiger charge is 2.18. The van der Waals surface area contributed by atoms with Crippen molar-refractivity contribution in [2.75, 3.05) is 6.61 Å². The second-order valence-corrected chi connectivity index (χ2v) is 7.31. The minimum Gasteiger partial charge on any atom is -0.468 e. The third kappa shape index (κ3) is 5.71. The minimum absolute atomic E-state index is 0.00298. The maximum Gasteiger partial charge on any atom is 0.344 e. The molecule has 0 atom stereocenters. The summed E-state index contributed by atoms with van der Waals surface area (Å²) in [5.41, 5.74) is 0.00298. The number of hydrogen-bond donors (Lipinski definition) is 1. The first-order valence-corrected chi connectivity index (χ1v) is 9.25. The van der Waals surface area contributed by atoms with Crippen LogP contribution in [0.3, 0.4) is 0 Å². The zero-order valence-electron chi connectivity index (χ0n) is 14.3. The summed E-state index contributed by atoms with van der Waals surface area (Å²) in [5.74, 6) is -1.06. The average molecular weight is 381 g/mol. The number of rotatable bonds is 8. The maximum absolute atomic E-state index is 12.3. The number of nitrogens with one attached hydrogen (secondary N) is 1. The maximum atomic E-state index is 12.3. The first kappa shape index (κ1) is 19.7. The average Bonchev–Trinajstić information content (AvgIpc) is 3.11. The van der Waals surface area contributed by atoms with E-state index in [4.69, 9.17) is 13.9 Å². The molecule has 0 saturated heterocycles. The molecule has 8 nitrogen and oxygen atoms in total. The van der Waals surface area contributed by atoms with Crippen molar-refractivity contribution in [3.8, 4) is 0 Å². The van der Waals surface area contributed by atoms with Gasteiger partial charge in [-0.3, -0.25) is 0 Å². The van der Waals surface area contributed by atoms with Crippen LogP contribution in [0.4, 0.5) is 0 Å². The van der Waals surface area contributed by atoms with Crippen molar-refractivity contribution >= 4 is 22.0 Å². The van der Waals surface area contributed by atoms with Crippen molar-refractivity contribution in [1.82, 2.24) is 4.72 Å². The molecular weight excluding hydrogens is 362 g/mol. The van der Waals surface area contributed by atoms with E-state index in [0.717, 1.165) is 0 Å². The van der Waals surface area contributed by atoms with E-state index in [1.54, 1.807) is 26.0 Å². The summed E-state index contributed by atoms with van der Waals surface area (Å²) in [6.07, 6.45) is 1.11. The molecule has 0 bridgehead atoms. The molecule has 1 heterocycles. The lowest BCUT2D eigenvalue weighted by atomic mass is 10.2. The Hall–Kier alpha value is -2.65.